The molecule has 3 aromatic rings. The minimum atomic E-state index is -0.250. The van der Waals surface area contributed by atoms with Gasteiger partial charge in [-0.05, 0) is 37.6 Å². The second-order valence-electron chi connectivity index (χ2n) is 5.75. The highest BCUT2D eigenvalue weighted by Gasteiger charge is 2.21. The molecule has 0 unspecified atom stereocenters. The molecule has 26 heavy (non-hydrogen) atoms. The van der Waals surface area contributed by atoms with E-state index < -0.39 is 0 Å². The molecule has 1 N–H and O–H groups in total. The first-order valence-electron chi connectivity index (χ1n) is 7.87. The number of hydrogen-bond acceptors (Lipinski definition) is 6. The third-order valence-corrected chi connectivity index (χ3v) is 4.24. The zero-order valence-corrected chi connectivity index (χ0v) is 14.9. The van der Waals surface area contributed by atoms with Crippen molar-refractivity contribution in [1.29, 1.82) is 0 Å². The molecule has 0 amide bonds. The Morgan fingerprint density at radius 2 is 2.00 bits per heavy atom. The lowest BCUT2D eigenvalue weighted by atomic mass is 10.1. The van der Waals surface area contributed by atoms with Crippen LogP contribution in [0.3, 0.4) is 0 Å². The number of fused-ring (bicyclic) bond motifs is 2. The number of ether oxygens (including phenoxy) is 3. The van der Waals surface area contributed by atoms with E-state index in [1.54, 1.807) is 7.11 Å². The van der Waals surface area contributed by atoms with Crippen molar-refractivity contribution in [3.05, 3.63) is 29.5 Å². The van der Waals surface area contributed by atoms with Crippen molar-refractivity contribution in [2.45, 2.75) is 13.8 Å². The van der Waals surface area contributed by atoms with Gasteiger partial charge in [0.05, 0.1) is 12.8 Å². The average molecular weight is 357 g/mol. The third-order valence-electron chi connectivity index (χ3n) is 4.24. The van der Waals surface area contributed by atoms with E-state index in [1.807, 2.05) is 30.8 Å². The van der Waals surface area contributed by atoms with Gasteiger partial charge in [0, 0.05) is 23.7 Å². The van der Waals surface area contributed by atoms with Crippen LogP contribution in [0.5, 0.6) is 17.2 Å². The summed E-state index contributed by atoms with van der Waals surface area (Å²) in [7, 11) is 3.55. The number of pyridine rings is 1. The van der Waals surface area contributed by atoms with Crippen LogP contribution in [0.1, 0.15) is 11.3 Å². The van der Waals surface area contributed by atoms with Crippen LogP contribution < -0.4 is 14.2 Å². The van der Waals surface area contributed by atoms with Gasteiger partial charge in [0.2, 0.25) is 12.5 Å². The molecule has 0 fully saturated rings. The Balaban J connectivity index is 0.000000613. The fourth-order valence-electron chi connectivity index (χ4n) is 2.98. The molecule has 1 aliphatic rings. The maximum atomic E-state index is 8.36. The smallest absolute Gasteiger partial charge is 0.290 e. The second kappa shape index (κ2) is 6.91. The van der Waals surface area contributed by atoms with Crippen LogP contribution >= 0.6 is 0 Å². The normalized spacial score (nSPS) is 11.8. The largest absolute Gasteiger partial charge is 0.493 e. The molecule has 0 atom stereocenters. The third kappa shape index (κ3) is 2.90. The highest BCUT2D eigenvalue weighted by Crippen LogP contribution is 2.44. The van der Waals surface area contributed by atoms with Crippen molar-refractivity contribution in [2.75, 3.05) is 13.9 Å². The Morgan fingerprint density at radius 3 is 2.69 bits per heavy atom. The summed E-state index contributed by atoms with van der Waals surface area (Å²) in [6, 6.07) is 5.90. The Kier molecular flexibility index (Phi) is 4.66. The van der Waals surface area contributed by atoms with E-state index in [1.165, 1.54) is 0 Å². The van der Waals surface area contributed by atoms with Gasteiger partial charge in [-0.2, -0.15) is 5.10 Å². The van der Waals surface area contributed by atoms with E-state index in [0.717, 1.165) is 33.5 Å². The first-order valence-corrected chi connectivity index (χ1v) is 7.87. The number of nitrogens with zero attached hydrogens (tertiary/aromatic N) is 3. The summed E-state index contributed by atoms with van der Waals surface area (Å²) in [5.41, 5.74) is 4.76. The number of methoxy groups -OCH3 is 1. The molecule has 4 rings (SSSR count). The highest BCUT2D eigenvalue weighted by molar-refractivity contribution is 5.85. The van der Waals surface area contributed by atoms with Crippen LogP contribution in [-0.4, -0.2) is 40.2 Å². The molecule has 0 saturated heterocycles. The van der Waals surface area contributed by atoms with E-state index in [2.05, 4.69) is 18.1 Å². The van der Waals surface area contributed by atoms with Gasteiger partial charge in [-0.15, -0.1) is 0 Å². The number of carbonyl (C=O) groups is 1. The number of benzene rings is 1. The van der Waals surface area contributed by atoms with E-state index in [-0.39, 0.29) is 13.3 Å². The van der Waals surface area contributed by atoms with Gasteiger partial charge < -0.3 is 19.3 Å². The molecule has 1 aromatic carbocycles. The van der Waals surface area contributed by atoms with Crippen molar-refractivity contribution in [3.8, 4) is 28.5 Å². The topological polar surface area (TPSA) is 95.7 Å². The number of carboxylic acid groups (broad SMARTS) is 1. The number of aromatic nitrogens is 3. The maximum absolute atomic E-state index is 8.36. The fourth-order valence-corrected chi connectivity index (χ4v) is 2.98. The van der Waals surface area contributed by atoms with Crippen molar-refractivity contribution < 1.29 is 24.1 Å². The summed E-state index contributed by atoms with van der Waals surface area (Å²) < 4.78 is 18.2. The minimum Gasteiger partial charge on any atom is -0.493 e. The predicted octanol–water partition coefficient (Wildman–Crippen LogP) is 2.69. The lowest BCUT2D eigenvalue weighted by Gasteiger charge is -2.09. The summed E-state index contributed by atoms with van der Waals surface area (Å²) >= 11 is 0. The predicted molar refractivity (Wildman–Crippen MR) is 94.8 cm³/mol. The van der Waals surface area contributed by atoms with Crippen LogP contribution in [0.15, 0.2) is 18.2 Å². The molecule has 0 spiro atoms. The summed E-state index contributed by atoms with van der Waals surface area (Å²) in [6.07, 6.45) is 0. The summed E-state index contributed by atoms with van der Waals surface area (Å²) in [4.78, 5) is 13.1. The minimum absolute atomic E-state index is 0.208. The average Bonchev–Trinajstić information content (AvgIpc) is 3.19. The lowest BCUT2D eigenvalue weighted by Crippen LogP contribution is -1.93. The lowest BCUT2D eigenvalue weighted by molar-refractivity contribution is -0.122. The van der Waals surface area contributed by atoms with E-state index in [4.69, 9.17) is 29.1 Å². The van der Waals surface area contributed by atoms with Crippen molar-refractivity contribution in [3.63, 3.8) is 0 Å². The van der Waals surface area contributed by atoms with Crippen LogP contribution in [-0.2, 0) is 11.8 Å². The Morgan fingerprint density at radius 1 is 1.27 bits per heavy atom. The first kappa shape index (κ1) is 17.5. The Bertz CT molecular complexity index is 981. The van der Waals surface area contributed by atoms with Gasteiger partial charge in [0.1, 0.15) is 0 Å². The van der Waals surface area contributed by atoms with Crippen molar-refractivity contribution in [1.82, 2.24) is 14.8 Å². The molecule has 8 nitrogen and oxygen atoms in total. The molecule has 1 aliphatic heterocycles. The van der Waals surface area contributed by atoms with Gasteiger partial charge in [0.25, 0.3) is 6.47 Å². The molecular weight excluding hydrogens is 338 g/mol. The molecule has 3 heterocycles. The molecular formula is C18H19N3O5. The zero-order valence-electron chi connectivity index (χ0n) is 14.9. The highest BCUT2D eigenvalue weighted by atomic mass is 16.7. The van der Waals surface area contributed by atoms with E-state index in [9.17, 15) is 0 Å². The van der Waals surface area contributed by atoms with Crippen molar-refractivity contribution in [2.24, 2.45) is 7.05 Å². The molecule has 0 saturated carbocycles. The standard InChI is InChI=1S/C17H17N3O3.CH2O2/c1-9-5-12(18-17-15(9)10(2)20(3)19-17)11-6-13(21-4)16-14(7-11)22-8-23-16;2-1-3/h5-7H,8H2,1-4H3;1H,(H,2,3). The first-order chi connectivity index (χ1) is 12.5. The van der Waals surface area contributed by atoms with E-state index in [0.29, 0.717) is 17.2 Å². The molecule has 0 bridgehead atoms. The molecule has 0 radical (unpaired) electrons. The quantitative estimate of drug-likeness (QED) is 0.704. The number of hydrogen-bond donors (Lipinski definition) is 1. The zero-order chi connectivity index (χ0) is 18.8. The molecule has 2 aromatic heterocycles. The van der Waals surface area contributed by atoms with Gasteiger partial charge in [-0.25, -0.2) is 4.98 Å². The summed E-state index contributed by atoms with van der Waals surface area (Å²) in [6.45, 7) is 4.08. The van der Waals surface area contributed by atoms with Crippen LogP contribution in [0, 0.1) is 13.8 Å². The monoisotopic (exact) mass is 357 g/mol. The van der Waals surface area contributed by atoms with Gasteiger partial charge in [0.15, 0.2) is 17.1 Å². The number of rotatable bonds is 2. The Labute approximate surface area is 149 Å². The fraction of sp³-hybridized carbons (Fsp3) is 0.278. The van der Waals surface area contributed by atoms with Gasteiger partial charge in [-0.3, -0.25) is 9.48 Å². The Hall–Kier alpha value is -3.29. The molecule has 8 heteroatoms. The van der Waals surface area contributed by atoms with Gasteiger partial charge >= 0.3 is 0 Å². The maximum Gasteiger partial charge on any atom is 0.290 e. The van der Waals surface area contributed by atoms with Crippen LogP contribution in [0.25, 0.3) is 22.3 Å². The van der Waals surface area contributed by atoms with Gasteiger partial charge in [-0.1, -0.05) is 0 Å². The second-order valence-corrected chi connectivity index (χ2v) is 5.75. The number of aryl methyl sites for hydroxylation is 3. The van der Waals surface area contributed by atoms with Crippen LogP contribution in [0.4, 0.5) is 0 Å². The summed E-state index contributed by atoms with van der Waals surface area (Å²) in [5.74, 6) is 1.96. The van der Waals surface area contributed by atoms with Crippen LogP contribution in [0.2, 0.25) is 0 Å². The molecule has 0 aliphatic carbocycles. The summed E-state index contributed by atoms with van der Waals surface area (Å²) in [5, 5.41) is 12.5. The van der Waals surface area contributed by atoms with E-state index >= 15 is 0 Å². The molecule has 136 valence electrons. The SMILES string of the molecule is COc1cc(-c2cc(C)c3c(C)n(C)nc3n2)cc2c1OCO2.O=CO. The van der Waals surface area contributed by atoms with Crippen molar-refractivity contribution >= 4 is 17.5 Å².